The highest BCUT2D eigenvalue weighted by molar-refractivity contribution is 5.55. The van der Waals surface area contributed by atoms with Gasteiger partial charge in [-0.05, 0) is 31.9 Å². The van der Waals surface area contributed by atoms with Gasteiger partial charge in [0.15, 0.2) is 0 Å². The molecule has 0 radical (unpaired) electrons. The SMILES string of the molecule is CCc1c(C)nn(-c2ccc([N+](=O)[O-])cc2C#N)c1C. The molecule has 0 unspecified atom stereocenters. The van der Waals surface area contributed by atoms with Gasteiger partial charge in [-0.2, -0.15) is 10.4 Å². The van der Waals surface area contributed by atoms with E-state index in [-0.39, 0.29) is 11.3 Å². The number of nitrogens with zero attached hydrogens (tertiary/aromatic N) is 4. The van der Waals surface area contributed by atoms with E-state index >= 15 is 0 Å². The lowest BCUT2D eigenvalue weighted by molar-refractivity contribution is -0.384. The van der Waals surface area contributed by atoms with E-state index in [9.17, 15) is 15.4 Å². The summed E-state index contributed by atoms with van der Waals surface area (Å²) in [4.78, 5) is 10.3. The molecule has 20 heavy (non-hydrogen) atoms. The highest BCUT2D eigenvalue weighted by atomic mass is 16.6. The summed E-state index contributed by atoms with van der Waals surface area (Å²) in [6.45, 7) is 5.89. The molecule has 0 aliphatic rings. The minimum Gasteiger partial charge on any atom is -0.258 e. The lowest BCUT2D eigenvalue weighted by Crippen LogP contribution is -2.03. The Morgan fingerprint density at radius 2 is 2.15 bits per heavy atom. The molecule has 0 atom stereocenters. The monoisotopic (exact) mass is 270 g/mol. The first kappa shape index (κ1) is 13.7. The van der Waals surface area contributed by atoms with Crippen molar-refractivity contribution in [2.24, 2.45) is 0 Å². The van der Waals surface area contributed by atoms with E-state index < -0.39 is 4.92 Å². The number of nitro benzene ring substituents is 1. The quantitative estimate of drug-likeness (QED) is 0.634. The number of hydrogen-bond donors (Lipinski definition) is 0. The van der Waals surface area contributed by atoms with Gasteiger partial charge < -0.3 is 0 Å². The van der Waals surface area contributed by atoms with Gasteiger partial charge in [-0.1, -0.05) is 6.92 Å². The minimum absolute atomic E-state index is 0.0949. The average Bonchev–Trinajstić information content (AvgIpc) is 2.72. The molecule has 0 spiro atoms. The van der Waals surface area contributed by atoms with E-state index in [1.165, 1.54) is 12.1 Å². The zero-order valence-electron chi connectivity index (χ0n) is 11.5. The maximum absolute atomic E-state index is 10.8. The minimum atomic E-state index is -0.511. The van der Waals surface area contributed by atoms with Crippen LogP contribution in [0.15, 0.2) is 18.2 Å². The van der Waals surface area contributed by atoms with Crippen LogP contribution in [0.5, 0.6) is 0 Å². The van der Waals surface area contributed by atoms with Gasteiger partial charge in [-0.3, -0.25) is 10.1 Å². The summed E-state index contributed by atoms with van der Waals surface area (Å²) in [5.41, 5.74) is 3.71. The van der Waals surface area contributed by atoms with Crippen LogP contribution >= 0.6 is 0 Å². The van der Waals surface area contributed by atoms with Crippen LogP contribution in [-0.2, 0) is 6.42 Å². The van der Waals surface area contributed by atoms with Gasteiger partial charge >= 0.3 is 0 Å². The standard InChI is InChI=1S/C14H14N4O2/c1-4-13-9(2)16-17(10(13)3)14-6-5-12(18(19)20)7-11(14)8-15/h5-7H,4H2,1-3H3. The molecule has 0 aliphatic carbocycles. The topological polar surface area (TPSA) is 84.8 Å². The molecule has 0 fully saturated rings. The smallest absolute Gasteiger partial charge is 0.258 e. The number of aromatic nitrogens is 2. The predicted molar refractivity (Wildman–Crippen MR) is 73.8 cm³/mol. The predicted octanol–water partition coefficient (Wildman–Crippen LogP) is 2.83. The summed E-state index contributed by atoms with van der Waals surface area (Å²) in [5, 5.41) is 24.4. The molecule has 6 nitrogen and oxygen atoms in total. The van der Waals surface area contributed by atoms with Gasteiger partial charge in [0, 0.05) is 17.8 Å². The van der Waals surface area contributed by atoms with Crippen molar-refractivity contribution in [1.29, 1.82) is 5.26 Å². The van der Waals surface area contributed by atoms with Gasteiger partial charge in [-0.15, -0.1) is 0 Å². The summed E-state index contributed by atoms with van der Waals surface area (Å²) in [5.74, 6) is 0. The Bertz CT molecular complexity index is 726. The Hall–Kier alpha value is -2.68. The summed E-state index contributed by atoms with van der Waals surface area (Å²) in [6, 6.07) is 6.23. The van der Waals surface area contributed by atoms with Crippen molar-refractivity contribution in [3.63, 3.8) is 0 Å². The van der Waals surface area contributed by atoms with E-state index in [1.807, 2.05) is 26.8 Å². The Balaban J connectivity index is 2.65. The number of non-ortho nitro benzene ring substituents is 1. The summed E-state index contributed by atoms with van der Waals surface area (Å²) in [6.07, 6.45) is 0.854. The molecule has 1 aromatic heterocycles. The van der Waals surface area contributed by atoms with Crippen molar-refractivity contribution in [3.8, 4) is 11.8 Å². The zero-order chi connectivity index (χ0) is 14.9. The van der Waals surface area contributed by atoms with Crippen molar-refractivity contribution in [3.05, 3.63) is 50.8 Å². The molecule has 2 rings (SSSR count). The van der Waals surface area contributed by atoms with E-state index in [2.05, 4.69) is 5.10 Å². The van der Waals surface area contributed by atoms with Crippen LogP contribution in [-0.4, -0.2) is 14.7 Å². The van der Waals surface area contributed by atoms with E-state index in [4.69, 9.17) is 0 Å². The van der Waals surface area contributed by atoms with Crippen LogP contribution in [0, 0.1) is 35.3 Å². The second-order valence-electron chi connectivity index (χ2n) is 4.49. The molecule has 0 bridgehead atoms. The maximum Gasteiger partial charge on any atom is 0.270 e. The third kappa shape index (κ3) is 2.14. The van der Waals surface area contributed by atoms with Gasteiger partial charge in [0.1, 0.15) is 6.07 Å². The molecule has 0 amide bonds. The molecule has 0 saturated carbocycles. The molecular formula is C14H14N4O2. The second kappa shape index (κ2) is 5.13. The lowest BCUT2D eigenvalue weighted by Gasteiger charge is -2.07. The van der Waals surface area contributed by atoms with E-state index in [0.29, 0.717) is 5.69 Å². The molecule has 6 heteroatoms. The van der Waals surface area contributed by atoms with Crippen LogP contribution in [0.25, 0.3) is 5.69 Å². The first-order valence-corrected chi connectivity index (χ1v) is 6.23. The molecule has 0 N–H and O–H groups in total. The zero-order valence-corrected chi connectivity index (χ0v) is 11.5. The molecule has 0 aliphatic heterocycles. The molecule has 2 aromatic rings. The number of hydrogen-bond acceptors (Lipinski definition) is 4. The third-order valence-corrected chi connectivity index (χ3v) is 3.33. The third-order valence-electron chi connectivity index (χ3n) is 3.33. The van der Waals surface area contributed by atoms with Crippen molar-refractivity contribution in [2.45, 2.75) is 27.2 Å². The van der Waals surface area contributed by atoms with Crippen molar-refractivity contribution >= 4 is 5.69 Å². The number of aryl methyl sites for hydroxylation is 1. The Morgan fingerprint density at radius 3 is 2.65 bits per heavy atom. The van der Waals surface area contributed by atoms with E-state index in [0.717, 1.165) is 23.4 Å². The molecule has 1 heterocycles. The normalized spacial score (nSPS) is 10.3. The summed E-state index contributed by atoms with van der Waals surface area (Å²) in [7, 11) is 0. The van der Waals surface area contributed by atoms with Crippen molar-refractivity contribution in [1.82, 2.24) is 9.78 Å². The van der Waals surface area contributed by atoms with Crippen molar-refractivity contribution in [2.75, 3.05) is 0 Å². The fourth-order valence-corrected chi connectivity index (χ4v) is 2.33. The average molecular weight is 270 g/mol. The highest BCUT2D eigenvalue weighted by Gasteiger charge is 2.16. The first-order valence-electron chi connectivity index (χ1n) is 6.23. The number of nitriles is 1. The summed E-state index contributed by atoms with van der Waals surface area (Å²) >= 11 is 0. The van der Waals surface area contributed by atoms with Crippen LogP contribution in [0.3, 0.4) is 0 Å². The van der Waals surface area contributed by atoms with Crippen LogP contribution in [0.1, 0.15) is 29.4 Å². The van der Waals surface area contributed by atoms with Crippen LogP contribution < -0.4 is 0 Å². The van der Waals surface area contributed by atoms with Crippen LogP contribution in [0.2, 0.25) is 0 Å². The Morgan fingerprint density at radius 1 is 1.45 bits per heavy atom. The van der Waals surface area contributed by atoms with Crippen LogP contribution in [0.4, 0.5) is 5.69 Å². The second-order valence-corrected chi connectivity index (χ2v) is 4.49. The number of nitro groups is 1. The van der Waals surface area contributed by atoms with Gasteiger partial charge in [0.25, 0.3) is 5.69 Å². The number of benzene rings is 1. The first-order chi connectivity index (χ1) is 9.49. The maximum atomic E-state index is 10.8. The fourth-order valence-electron chi connectivity index (χ4n) is 2.33. The van der Waals surface area contributed by atoms with Gasteiger partial charge in [0.2, 0.25) is 0 Å². The molecule has 102 valence electrons. The molecule has 1 aromatic carbocycles. The largest absolute Gasteiger partial charge is 0.270 e. The lowest BCUT2D eigenvalue weighted by atomic mass is 10.1. The van der Waals surface area contributed by atoms with E-state index in [1.54, 1.807) is 10.7 Å². The van der Waals surface area contributed by atoms with Gasteiger partial charge in [-0.25, -0.2) is 4.68 Å². The Labute approximate surface area is 116 Å². The summed E-state index contributed by atoms with van der Waals surface area (Å²) < 4.78 is 1.68. The number of rotatable bonds is 3. The molecular weight excluding hydrogens is 256 g/mol. The highest BCUT2D eigenvalue weighted by Crippen LogP contribution is 2.24. The fraction of sp³-hybridized carbons (Fsp3) is 0.286. The van der Waals surface area contributed by atoms with Gasteiger partial charge in [0.05, 0.1) is 21.9 Å². The Kier molecular flexibility index (Phi) is 3.53. The molecule has 0 saturated heterocycles. The van der Waals surface area contributed by atoms with Crippen molar-refractivity contribution < 1.29 is 4.92 Å².